The molecule has 0 fully saturated rings. The van der Waals surface area contributed by atoms with Crippen LogP contribution in [0.5, 0.6) is 5.75 Å². The summed E-state index contributed by atoms with van der Waals surface area (Å²) in [6.45, 7) is 1.28. The summed E-state index contributed by atoms with van der Waals surface area (Å²) >= 11 is 3.26. The first kappa shape index (κ1) is 16.3. The lowest BCUT2D eigenvalue weighted by molar-refractivity contribution is -0.141. The number of nitrogens with one attached hydrogen (secondary N) is 2. The highest BCUT2D eigenvalue weighted by Gasteiger charge is 2.24. The van der Waals surface area contributed by atoms with Gasteiger partial charge < -0.3 is 25.6 Å². The fourth-order valence-electron chi connectivity index (χ4n) is 1.44. The molecule has 1 aromatic carbocycles. The van der Waals surface area contributed by atoms with Crippen LogP contribution in [0.15, 0.2) is 22.7 Å². The van der Waals surface area contributed by atoms with Gasteiger partial charge in [0.05, 0.1) is 17.7 Å². The molecule has 8 heteroatoms. The Bertz CT molecular complexity index is 507. The van der Waals surface area contributed by atoms with E-state index in [1.807, 2.05) is 0 Å². The molecular formula is C12H15BrN2O5. The summed E-state index contributed by atoms with van der Waals surface area (Å²) in [6.07, 6.45) is -1.21. The third-order valence-corrected chi connectivity index (χ3v) is 3.06. The molecule has 0 aliphatic carbocycles. The zero-order valence-corrected chi connectivity index (χ0v) is 12.5. The molecule has 2 unspecified atom stereocenters. The van der Waals surface area contributed by atoms with Gasteiger partial charge in [0.1, 0.15) is 5.75 Å². The van der Waals surface area contributed by atoms with Crippen LogP contribution < -0.4 is 15.4 Å². The van der Waals surface area contributed by atoms with Gasteiger partial charge in [0.25, 0.3) is 0 Å². The fraction of sp³-hybridized carbons (Fsp3) is 0.333. The second-order valence-electron chi connectivity index (χ2n) is 4.00. The van der Waals surface area contributed by atoms with Gasteiger partial charge >= 0.3 is 12.0 Å². The number of carbonyl (C=O) groups is 2. The minimum absolute atomic E-state index is 0.449. The maximum absolute atomic E-state index is 11.7. The number of carboxylic acid groups (broad SMARTS) is 1. The molecule has 0 aliphatic rings. The smallest absolute Gasteiger partial charge is 0.328 e. The first-order chi connectivity index (χ1) is 9.35. The minimum Gasteiger partial charge on any atom is -0.496 e. The van der Waals surface area contributed by atoms with Gasteiger partial charge in [-0.15, -0.1) is 0 Å². The predicted molar refractivity (Wildman–Crippen MR) is 76.0 cm³/mol. The number of anilines is 1. The van der Waals surface area contributed by atoms with Gasteiger partial charge in [-0.2, -0.15) is 0 Å². The van der Waals surface area contributed by atoms with Crippen molar-refractivity contribution >= 4 is 33.6 Å². The van der Waals surface area contributed by atoms with Crippen molar-refractivity contribution in [2.45, 2.75) is 19.1 Å². The van der Waals surface area contributed by atoms with Gasteiger partial charge in [-0.3, -0.25) is 0 Å². The number of hydrogen-bond donors (Lipinski definition) is 4. The highest BCUT2D eigenvalue weighted by atomic mass is 79.9. The van der Waals surface area contributed by atoms with Crippen LogP contribution in [0.2, 0.25) is 0 Å². The normalized spacial score (nSPS) is 13.2. The van der Waals surface area contributed by atoms with E-state index >= 15 is 0 Å². The van der Waals surface area contributed by atoms with E-state index in [1.54, 1.807) is 18.2 Å². The summed E-state index contributed by atoms with van der Waals surface area (Å²) < 4.78 is 5.69. The van der Waals surface area contributed by atoms with Crippen molar-refractivity contribution in [3.63, 3.8) is 0 Å². The van der Waals surface area contributed by atoms with E-state index in [0.29, 0.717) is 15.9 Å². The molecule has 0 aromatic heterocycles. The highest BCUT2D eigenvalue weighted by Crippen LogP contribution is 2.27. The number of carboxylic acids is 1. The number of aliphatic hydroxyl groups is 1. The molecule has 1 aromatic rings. The first-order valence-electron chi connectivity index (χ1n) is 5.67. The molecule has 0 saturated heterocycles. The molecule has 4 N–H and O–H groups in total. The maximum atomic E-state index is 11.7. The monoisotopic (exact) mass is 346 g/mol. The lowest BCUT2D eigenvalue weighted by Gasteiger charge is -2.17. The van der Waals surface area contributed by atoms with E-state index in [1.165, 1.54) is 14.0 Å². The molecule has 1 rings (SSSR count). The zero-order chi connectivity index (χ0) is 15.3. The summed E-state index contributed by atoms with van der Waals surface area (Å²) in [5, 5.41) is 22.7. The SMILES string of the molecule is COc1ccc(NC(=O)NC(C(=O)O)C(C)O)cc1Br. The van der Waals surface area contributed by atoms with Gasteiger partial charge in [0, 0.05) is 5.69 Å². The van der Waals surface area contributed by atoms with E-state index < -0.39 is 24.1 Å². The van der Waals surface area contributed by atoms with E-state index in [0.717, 1.165) is 0 Å². The van der Waals surface area contributed by atoms with Crippen molar-refractivity contribution < 1.29 is 24.5 Å². The number of aliphatic hydroxyl groups excluding tert-OH is 1. The Morgan fingerprint density at radius 3 is 2.50 bits per heavy atom. The average Bonchev–Trinajstić information content (AvgIpc) is 2.35. The van der Waals surface area contributed by atoms with Crippen molar-refractivity contribution in [3.05, 3.63) is 22.7 Å². The fourth-order valence-corrected chi connectivity index (χ4v) is 1.98. The number of halogens is 1. The molecular weight excluding hydrogens is 332 g/mol. The number of benzene rings is 1. The number of ether oxygens (including phenoxy) is 1. The van der Waals surface area contributed by atoms with Gasteiger partial charge in [-0.1, -0.05) is 0 Å². The van der Waals surface area contributed by atoms with Crippen molar-refractivity contribution in [2.75, 3.05) is 12.4 Å². The molecule has 0 radical (unpaired) electrons. The number of hydrogen-bond acceptors (Lipinski definition) is 4. The Morgan fingerprint density at radius 2 is 2.05 bits per heavy atom. The molecule has 2 atom stereocenters. The highest BCUT2D eigenvalue weighted by molar-refractivity contribution is 9.10. The number of carbonyl (C=O) groups excluding carboxylic acids is 1. The lowest BCUT2D eigenvalue weighted by atomic mass is 10.2. The summed E-state index contributed by atoms with van der Waals surface area (Å²) in [4.78, 5) is 22.5. The molecule has 0 saturated carbocycles. The van der Waals surface area contributed by atoms with E-state index in [9.17, 15) is 14.7 Å². The summed E-state index contributed by atoms with van der Waals surface area (Å²) in [7, 11) is 1.51. The van der Waals surface area contributed by atoms with Crippen molar-refractivity contribution in [2.24, 2.45) is 0 Å². The number of amides is 2. The van der Waals surface area contributed by atoms with Crippen molar-refractivity contribution in [3.8, 4) is 5.75 Å². The second-order valence-corrected chi connectivity index (χ2v) is 4.86. The Balaban J connectivity index is 2.71. The van der Waals surface area contributed by atoms with Gasteiger partial charge in [0.15, 0.2) is 6.04 Å². The molecule has 0 spiro atoms. The standard InChI is InChI=1S/C12H15BrN2O5/c1-6(16)10(11(17)18)15-12(19)14-7-3-4-9(20-2)8(13)5-7/h3-6,10,16H,1-2H3,(H,17,18)(H2,14,15,19). The Hall–Kier alpha value is -1.80. The summed E-state index contributed by atoms with van der Waals surface area (Å²) in [6, 6.07) is 2.74. The lowest BCUT2D eigenvalue weighted by Crippen LogP contribution is -2.49. The van der Waals surface area contributed by atoms with E-state index in [-0.39, 0.29) is 0 Å². The molecule has 0 bridgehead atoms. The predicted octanol–water partition coefficient (Wildman–Crippen LogP) is 1.41. The Kier molecular flexibility index (Phi) is 5.78. The number of methoxy groups -OCH3 is 1. The largest absolute Gasteiger partial charge is 0.496 e. The summed E-state index contributed by atoms with van der Waals surface area (Å²) in [5.41, 5.74) is 0.449. The Labute approximate surface area is 124 Å². The quantitative estimate of drug-likeness (QED) is 0.644. The van der Waals surface area contributed by atoms with Crippen LogP contribution in [-0.4, -0.2) is 41.5 Å². The number of aliphatic carboxylic acids is 1. The van der Waals surface area contributed by atoms with Crippen LogP contribution in [0.4, 0.5) is 10.5 Å². The summed E-state index contributed by atoms with van der Waals surface area (Å²) in [5.74, 6) is -0.714. The average molecular weight is 347 g/mol. The molecule has 2 amide bonds. The minimum atomic E-state index is -1.38. The van der Waals surface area contributed by atoms with Crippen LogP contribution in [-0.2, 0) is 4.79 Å². The number of urea groups is 1. The first-order valence-corrected chi connectivity index (χ1v) is 6.46. The van der Waals surface area contributed by atoms with Crippen LogP contribution in [0.25, 0.3) is 0 Å². The third-order valence-electron chi connectivity index (χ3n) is 2.44. The van der Waals surface area contributed by atoms with Gasteiger partial charge in [-0.05, 0) is 41.1 Å². The molecule has 7 nitrogen and oxygen atoms in total. The topological polar surface area (TPSA) is 108 Å². The zero-order valence-electron chi connectivity index (χ0n) is 10.9. The van der Waals surface area contributed by atoms with Crippen LogP contribution in [0.3, 0.4) is 0 Å². The molecule has 20 heavy (non-hydrogen) atoms. The Morgan fingerprint density at radius 1 is 1.40 bits per heavy atom. The molecule has 0 heterocycles. The van der Waals surface area contributed by atoms with Crippen LogP contribution in [0.1, 0.15) is 6.92 Å². The third kappa shape index (κ3) is 4.39. The van der Waals surface area contributed by atoms with Crippen molar-refractivity contribution in [1.82, 2.24) is 5.32 Å². The maximum Gasteiger partial charge on any atom is 0.328 e. The van der Waals surface area contributed by atoms with Gasteiger partial charge in [-0.25, -0.2) is 9.59 Å². The number of rotatable bonds is 5. The van der Waals surface area contributed by atoms with E-state index in [2.05, 4.69) is 26.6 Å². The van der Waals surface area contributed by atoms with Gasteiger partial charge in [0.2, 0.25) is 0 Å². The van der Waals surface area contributed by atoms with E-state index in [4.69, 9.17) is 9.84 Å². The van der Waals surface area contributed by atoms with Crippen molar-refractivity contribution in [1.29, 1.82) is 0 Å². The molecule has 0 aliphatic heterocycles. The van der Waals surface area contributed by atoms with Crippen LogP contribution in [0, 0.1) is 0 Å². The second kappa shape index (κ2) is 7.11. The van der Waals surface area contributed by atoms with Crippen LogP contribution >= 0.6 is 15.9 Å². The molecule has 110 valence electrons.